The van der Waals surface area contributed by atoms with Gasteiger partial charge in [0.2, 0.25) is 0 Å². The maximum Gasteiger partial charge on any atom is 0.253 e. The summed E-state index contributed by atoms with van der Waals surface area (Å²) >= 11 is 0. The molecule has 0 aliphatic rings. The fourth-order valence-electron chi connectivity index (χ4n) is 2.60. The van der Waals surface area contributed by atoms with E-state index in [1.54, 1.807) is 19.2 Å². The largest absolute Gasteiger partial charge is 0.399 e. The summed E-state index contributed by atoms with van der Waals surface area (Å²) in [5, 5.41) is 6.27. The van der Waals surface area contributed by atoms with Gasteiger partial charge in [0.25, 0.3) is 5.91 Å². The van der Waals surface area contributed by atoms with Gasteiger partial charge in [0.1, 0.15) is 0 Å². The Morgan fingerprint density at radius 3 is 2.68 bits per heavy atom. The number of nitrogens with one attached hydrogen (secondary N) is 2. The van der Waals surface area contributed by atoms with Crippen LogP contribution in [-0.4, -0.2) is 32.2 Å². The number of carbonyl (C=O) groups excluding carboxylic acids is 1. The number of nitrogen functional groups attached to an aromatic ring is 1. The zero-order valence-corrected chi connectivity index (χ0v) is 14.9. The van der Waals surface area contributed by atoms with Crippen molar-refractivity contribution in [3.05, 3.63) is 59.7 Å². The van der Waals surface area contributed by atoms with Gasteiger partial charge in [-0.05, 0) is 43.5 Å². The highest BCUT2D eigenvalue weighted by Gasteiger charge is 2.13. The highest BCUT2D eigenvalue weighted by Crippen LogP contribution is 2.21. The molecule has 0 radical (unpaired) electrons. The normalized spacial score (nSPS) is 11.8. The van der Waals surface area contributed by atoms with Crippen LogP contribution in [0.2, 0.25) is 0 Å². The fraction of sp³-hybridized carbons (Fsp3) is 0.350. The standard InChI is InChI=1S/C20H27N3O2/c1-15(8-9-16-6-4-3-5-7-16)23-19-11-10-17(21)14-18(19)20(24)22-12-13-25-2/h3-7,10-11,14-15,23H,8-9,12-13,21H2,1-2H3,(H,22,24)/t15-/m1/s1. The molecule has 2 aromatic carbocycles. The molecular weight excluding hydrogens is 314 g/mol. The van der Waals surface area contributed by atoms with Crippen molar-refractivity contribution < 1.29 is 9.53 Å². The van der Waals surface area contributed by atoms with E-state index in [1.165, 1.54) is 5.56 Å². The topological polar surface area (TPSA) is 76.4 Å². The molecule has 0 heterocycles. The van der Waals surface area contributed by atoms with Gasteiger partial charge < -0.3 is 21.1 Å². The molecule has 0 aliphatic carbocycles. The molecule has 0 aliphatic heterocycles. The Kier molecular flexibility index (Phi) is 7.29. The van der Waals surface area contributed by atoms with E-state index in [-0.39, 0.29) is 11.9 Å². The van der Waals surface area contributed by atoms with E-state index in [2.05, 4.69) is 41.8 Å². The van der Waals surface area contributed by atoms with E-state index in [1.807, 2.05) is 12.1 Å². The molecule has 0 saturated heterocycles. The van der Waals surface area contributed by atoms with Crippen molar-refractivity contribution in [2.75, 3.05) is 31.3 Å². The Bertz CT molecular complexity index is 674. The molecule has 25 heavy (non-hydrogen) atoms. The SMILES string of the molecule is COCCNC(=O)c1cc(N)ccc1N[C@H](C)CCc1ccccc1. The minimum Gasteiger partial charge on any atom is -0.399 e. The lowest BCUT2D eigenvalue weighted by Gasteiger charge is -2.18. The minimum atomic E-state index is -0.151. The quantitative estimate of drug-likeness (QED) is 0.484. The molecule has 2 aromatic rings. The van der Waals surface area contributed by atoms with Crippen molar-refractivity contribution >= 4 is 17.3 Å². The molecular formula is C20H27N3O2. The number of aryl methyl sites for hydroxylation is 1. The van der Waals surface area contributed by atoms with Crippen molar-refractivity contribution in [1.29, 1.82) is 0 Å². The second kappa shape index (κ2) is 9.69. The van der Waals surface area contributed by atoms with Crippen molar-refractivity contribution in [2.45, 2.75) is 25.8 Å². The summed E-state index contributed by atoms with van der Waals surface area (Å²) in [7, 11) is 1.61. The monoisotopic (exact) mass is 341 g/mol. The Morgan fingerprint density at radius 1 is 1.20 bits per heavy atom. The number of carbonyl (C=O) groups is 1. The molecule has 0 aromatic heterocycles. The van der Waals surface area contributed by atoms with Gasteiger partial charge in [0, 0.05) is 31.1 Å². The number of hydrogen-bond acceptors (Lipinski definition) is 4. The second-order valence-corrected chi connectivity index (χ2v) is 6.12. The average molecular weight is 341 g/mol. The predicted molar refractivity (Wildman–Crippen MR) is 103 cm³/mol. The highest BCUT2D eigenvalue weighted by atomic mass is 16.5. The van der Waals surface area contributed by atoms with E-state index in [9.17, 15) is 4.79 Å². The molecule has 0 bridgehead atoms. The van der Waals surface area contributed by atoms with Gasteiger partial charge in [-0.15, -0.1) is 0 Å². The first-order valence-corrected chi connectivity index (χ1v) is 8.57. The van der Waals surface area contributed by atoms with Gasteiger partial charge in [-0.3, -0.25) is 4.79 Å². The first-order chi connectivity index (χ1) is 12.1. The fourth-order valence-corrected chi connectivity index (χ4v) is 2.60. The van der Waals surface area contributed by atoms with E-state index in [0.29, 0.717) is 24.4 Å². The van der Waals surface area contributed by atoms with Gasteiger partial charge in [0.05, 0.1) is 12.2 Å². The van der Waals surface area contributed by atoms with E-state index in [4.69, 9.17) is 10.5 Å². The molecule has 0 saturated carbocycles. The summed E-state index contributed by atoms with van der Waals surface area (Å²) < 4.78 is 4.97. The zero-order chi connectivity index (χ0) is 18.1. The number of methoxy groups -OCH3 is 1. The smallest absolute Gasteiger partial charge is 0.253 e. The molecule has 1 amide bonds. The average Bonchev–Trinajstić information content (AvgIpc) is 2.62. The lowest BCUT2D eigenvalue weighted by atomic mass is 10.0. The number of ether oxygens (including phenoxy) is 1. The predicted octanol–water partition coefficient (Wildman–Crippen LogP) is 3.08. The van der Waals surface area contributed by atoms with Gasteiger partial charge in [-0.2, -0.15) is 0 Å². The number of amides is 1. The van der Waals surface area contributed by atoms with Crippen LogP contribution in [-0.2, 0) is 11.2 Å². The van der Waals surface area contributed by atoms with E-state index >= 15 is 0 Å². The maximum absolute atomic E-state index is 12.4. The van der Waals surface area contributed by atoms with Crippen LogP contribution in [0.3, 0.4) is 0 Å². The molecule has 1 atom stereocenters. The second-order valence-electron chi connectivity index (χ2n) is 6.12. The Labute approximate surface area is 149 Å². The highest BCUT2D eigenvalue weighted by molar-refractivity contribution is 6.00. The Morgan fingerprint density at radius 2 is 1.96 bits per heavy atom. The van der Waals surface area contributed by atoms with Crippen LogP contribution in [0.15, 0.2) is 48.5 Å². The number of benzene rings is 2. The summed E-state index contributed by atoms with van der Waals surface area (Å²) in [6, 6.07) is 16.0. The lowest BCUT2D eigenvalue weighted by molar-refractivity contribution is 0.0938. The summed E-state index contributed by atoms with van der Waals surface area (Å²) in [5.41, 5.74) is 9.09. The molecule has 134 valence electrons. The first-order valence-electron chi connectivity index (χ1n) is 8.57. The number of hydrogen-bond donors (Lipinski definition) is 3. The molecule has 5 nitrogen and oxygen atoms in total. The van der Waals surface area contributed by atoms with Crippen LogP contribution in [0.4, 0.5) is 11.4 Å². The van der Waals surface area contributed by atoms with Crippen molar-refractivity contribution in [3.8, 4) is 0 Å². The maximum atomic E-state index is 12.4. The lowest BCUT2D eigenvalue weighted by Crippen LogP contribution is -2.28. The van der Waals surface area contributed by atoms with Crippen molar-refractivity contribution in [2.24, 2.45) is 0 Å². The minimum absolute atomic E-state index is 0.151. The molecule has 4 N–H and O–H groups in total. The van der Waals surface area contributed by atoms with Crippen LogP contribution in [0, 0.1) is 0 Å². The third kappa shape index (κ3) is 6.12. The third-order valence-corrected chi connectivity index (χ3v) is 3.99. The molecule has 0 fully saturated rings. The van der Waals surface area contributed by atoms with Gasteiger partial charge in [-0.1, -0.05) is 30.3 Å². The summed E-state index contributed by atoms with van der Waals surface area (Å²) in [5.74, 6) is -0.151. The third-order valence-electron chi connectivity index (χ3n) is 3.99. The van der Waals surface area contributed by atoms with Crippen molar-refractivity contribution in [1.82, 2.24) is 5.32 Å². The van der Waals surface area contributed by atoms with Crippen LogP contribution in [0.5, 0.6) is 0 Å². The molecule has 0 spiro atoms. The van der Waals surface area contributed by atoms with Gasteiger partial charge >= 0.3 is 0 Å². The number of rotatable bonds is 9. The first kappa shape index (κ1) is 18.8. The Balaban J connectivity index is 1.99. The summed E-state index contributed by atoms with van der Waals surface area (Å²) in [4.78, 5) is 12.4. The van der Waals surface area contributed by atoms with Crippen molar-refractivity contribution in [3.63, 3.8) is 0 Å². The number of nitrogens with two attached hydrogens (primary N) is 1. The van der Waals surface area contributed by atoms with E-state index < -0.39 is 0 Å². The van der Waals surface area contributed by atoms with E-state index in [0.717, 1.165) is 18.5 Å². The number of anilines is 2. The zero-order valence-electron chi connectivity index (χ0n) is 14.9. The van der Waals surface area contributed by atoms with Crippen LogP contribution < -0.4 is 16.4 Å². The Hall–Kier alpha value is -2.53. The van der Waals surface area contributed by atoms with Crippen LogP contribution >= 0.6 is 0 Å². The van der Waals surface area contributed by atoms with Gasteiger partial charge in [0.15, 0.2) is 0 Å². The summed E-state index contributed by atoms with van der Waals surface area (Å²) in [6.45, 7) is 3.06. The van der Waals surface area contributed by atoms with Gasteiger partial charge in [-0.25, -0.2) is 0 Å². The molecule has 5 heteroatoms. The molecule has 0 unspecified atom stereocenters. The van der Waals surface area contributed by atoms with Crippen LogP contribution in [0.25, 0.3) is 0 Å². The molecule has 2 rings (SSSR count). The summed E-state index contributed by atoms with van der Waals surface area (Å²) in [6.07, 6.45) is 1.96. The van der Waals surface area contributed by atoms with Crippen LogP contribution in [0.1, 0.15) is 29.3 Å².